The molecular formula is C10H15BrN4O3S. The minimum absolute atomic E-state index is 0.0483. The van der Waals surface area contributed by atoms with E-state index in [2.05, 4.69) is 36.3 Å². The summed E-state index contributed by atoms with van der Waals surface area (Å²) in [5, 5.41) is 5.22. The average molecular weight is 351 g/mol. The lowest BCUT2D eigenvalue weighted by molar-refractivity contribution is -0.118. The van der Waals surface area contributed by atoms with Gasteiger partial charge >= 0.3 is 0 Å². The molecule has 1 rings (SSSR count). The van der Waals surface area contributed by atoms with Gasteiger partial charge in [0.2, 0.25) is 15.9 Å². The summed E-state index contributed by atoms with van der Waals surface area (Å²) in [6, 6.07) is 1.46. The molecule has 1 heterocycles. The van der Waals surface area contributed by atoms with E-state index in [9.17, 15) is 13.2 Å². The number of aromatic nitrogens is 1. The van der Waals surface area contributed by atoms with Crippen LogP contribution in [-0.2, 0) is 14.8 Å². The molecule has 1 amide bonds. The van der Waals surface area contributed by atoms with E-state index in [0.29, 0.717) is 4.47 Å². The summed E-state index contributed by atoms with van der Waals surface area (Å²) in [7, 11) is -2.09. The quantitative estimate of drug-likeness (QED) is 0.640. The highest BCUT2D eigenvalue weighted by atomic mass is 79.9. The molecule has 1 aromatic heterocycles. The standard InChI is InChI=1S/C10H15BrN4O3S/c1-7(16)13-3-4-15-19(17,18)9-5-8(11)6-14-10(9)12-2/h5-6,15H,3-4H2,1-2H3,(H,12,14)(H,13,16). The van der Waals surface area contributed by atoms with E-state index in [4.69, 9.17) is 0 Å². The zero-order valence-corrected chi connectivity index (χ0v) is 12.9. The Labute approximate surface area is 120 Å². The van der Waals surface area contributed by atoms with Gasteiger partial charge in [0.05, 0.1) is 0 Å². The summed E-state index contributed by atoms with van der Waals surface area (Å²) in [6.45, 7) is 1.70. The predicted molar refractivity (Wildman–Crippen MR) is 75.4 cm³/mol. The molecular weight excluding hydrogens is 336 g/mol. The predicted octanol–water partition coefficient (Wildman–Crippen LogP) is 0.300. The van der Waals surface area contributed by atoms with Crippen molar-refractivity contribution in [2.24, 2.45) is 0 Å². The maximum absolute atomic E-state index is 12.1. The summed E-state index contributed by atoms with van der Waals surface area (Å²) in [6.07, 6.45) is 1.50. The van der Waals surface area contributed by atoms with Gasteiger partial charge in [0, 0.05) is 37.7 Å². The molecule has 7 nitrogen and oxygen atoms in total. The number of nitrogens with zero attached hydrogens (tertiary/aromatic N) is 1. The van der Waals surface area contributed by atoms with Gasteiger partial charge in [-0.3, -0.25) is 4.79 Å². The molecule has 0 aliphatic rings. The number of rotatable bonds is 6. The molecule has 0 aliphatic heterocycles. The number of carbonyl (C=O) groups excluding carboxylic acids is 1. The lowest BCUT2D eigenvalue weighted by Crippen LogP contribution is -2.34. The molecule has 0 spiro atoms. The van der Waals surface area contributed by atoms with Gasteiger partial charge in [0.15, 0.2) is 0 Å². The van der Waals surface area contributed by atoms with Crippen LogP contribution in [-0.4, -0.2) is 39.4 Å². The van der Waals surface area contributed by atoms with Crippen molar-refractivity contribution in [3.05, 3.63) is 16.7 Å². The van der Waals surface area contributed by atoms with E-state index in [-0.39, 0.29) is 29.7 Å². The number of nitrogens with one attached hydrogen (secondary N) is 3. The van der Waals surface area contributed by atoms with Crippen LogP contribution >= 0.6 is 15.9 Å². The number of sulfonamides is 1. The summed E-state index contributed by atoms with van der Waals surface area (Å²) in [4.78, 5) is 14.7. The van der Waals surface area contributed by atoms with Crippen LogP contribution in [0.4, 0.5) is 5.82 Å². The molecule has 9 heteroatoms. The van der Waals surface area contributed by atoms with Gasteiger partial charge in [0.1, 0.15) is 10.7 Å². The molecule has 0 saturated heterocycles. The molecule has 0 aromatic carbocycles. The number of anilines is 1. The van der Waals surface area contributed by atoms with Gasteiger partial charge in [-0.1, -0.05) is 0 Å². The van der Waals surface area contributed by atoms with Gasteiger partial charge in [-0.2, -0.15) is 0 Å². The van der Waals surface area contributed by atoms with E-state index in [1.54, 1.807) is 7.05 Å². The third kappa shape index (κ3) is 4.77. The van der Waals surface area contributed by atoms with Gasteiger partial charge in [0.25, 0.3) is 0 Å². The molecule has 0 aliphatic carbocycles. The van der Waals surface area contributed by atoms with Crippen molar-refractivity contribution >= 4 is 37.7 Å². The molecule has 0 unspecified atom stereocenters. The largest absolute Gasteiger partial charge is 0.372 e. The van der Waals surface area contributed by atoms with E-state index in [1.807, 2.05) is 0 Å². The molecule has 0 radical (unpaired) electrons. The zero-order chi connectivity index (χ0) is 14.5. The first-order valence-electron chi connectivity index (χ1n) is 5.44. The van der Waals surface area contributed by atoms with Crippen LogP contribution in [0, 0.1) is 0 Å². The van der Waals surface area contributed by atoms with Crippen molar-refractivity contribution in [3.63, 3.8) is 0 Å². The Morgan fingerprint density at radius 3 is 2.68 bits per heavy atom. The van der Waals surface area contributed by atoms with Crippen molar-refractivity contribution in [2.75, 3.05) is 25.5 Å². The number of amides is 1. The van der Waals surface area contributed by atoms with Gasteiger partial charge in [-0.05, 0) is 22.0 Å². The Kier molecular flexibility index (Phi) is 5.70. The second kappa shape index (κ2) is 6.83. The first kappa shape index (κ1) is 15.9. The van der Waals surface area contributed by atoms with Crippen molar-refractivity contribution < 1.29 is 13.2 Å². The number of halogens is 1. The number of pyridine rings is 1. The lowest BCUT2D eigenvalue weighted by atomic mass is 10.4. The fourth-order valence-corrected chi connectivity index (χ4v) is 3.02. The Morgan fingerprint density at radius 1 is 1.42 bits per heavy atom. The molecule has 0 saturated carbocycles. The minimum Gasteiger partial charge on any atom is -0.372 e. The Balaban J connectivity index is 2.82. The van der Waals surface area contributed by atoms with Crippen LogP contribution in [0.15, 0.2) is 21.6 Å². The van der Waals surface area contributed by atoms with Crippen LogP contribution in [0.2, 0.25) is 0 Å². The summed E-state index contributed by atoms with van der Waals surface area (Å²) in [5.41, 5.74) is 0. The van der Waals surface area contributed by atoms with Crippen LogP contribution < -0.4 is 15.4 Å². The van der Waals surface area contributed by atoms with E-state index in [0.717, 1.165) is 0 Å². The minimum atomic E-state index is -3.68. The van der Waals surface area contributed by atoms with Crippen molar-refractivity contribution in [3.8, 4) is 0 Å². The first-order valence-corrected chi connectivity index (χ1v) is 7.72. The van der Waals surface area contributed by atoms with Crippen molar-refractivity contribution in [2.45, 2.75) is 11.8 Å². The third-order valence-corrected chi connectivity index (χ3v) is 4.04. The maximum atomic E-state index is 12.1. The van der Waals surface area contributed by atoms with Gasteiger partial charge in [-0.25, -0.2) is 18.1 Å². The van der Waals surface area contributed by atoms with E-state index >= 15 is 0 Å². The molecule has 1 aromatic rings. The molecule has 106 valence electrons. The molecule has 19 heavy (non-hydrogen) atoms. The highest BCUT2D eigenvalue weighted by Crippen LogP contribution is 2.22. The Bertz CT molecular complexity index is 562. The third-order valence-electron chi connectivity index (χ3n) is 2.14. The fourth-order valence-electron chi connectivity index (χ4n) is 1.31. The molecule has 0 fully saturated rings. The Hall–Kier alpha value is -1.19. The second-order valence-electron chi connectivity index (χ2n) is 3.63. The van der Waals surface area contributed by atoms with Gasteiger partial charge in [-0.15, -0.1) is 0 Å². The SMILES string of the molecule is CNc1ncc(Br)cc1S(=O)(=O)NCCNC(C)=O. The average Bonchev–Trinajstić information content (AvgIpc) is 2.34. The Morgan fingerprint density at radius 2 is 2.11 bits per heavy atom. The second-order valence-corrected chi connectivity index (χ2v) is 6.28. The van der Waals surface area contributed by atoms with Crippen LogP contribution in [0.1, 0.15) is 6.92 Å². The van der Waals surface area contributed by atoms with Crippen LogP contribution in [0.25, 0.3) is 0 Å². The van der Waals surface area contributed by atoms with E-state index in [1.165, 1.54) is 19.2 Å². The smallest absolute Gasteiger partial charge is 0.244 e. The van der Waals surface area contributed by atoms with Crippen molar-refractivity contribution in [1.82, 2.24) is 15.0 Å². The zero-order valence-electron chi connectivity index (χ0n) is 10.5. The highest BCUT2D eigenvalue weighted by Gasteiger charge is 2.19. The summed E-state index contributed by atoms with van der Waals surface area (Å²) < 4.78 is 27.1. The van der Waals surface area contributed by atoms with E-state index < -0.39 is 10.0 Å². The van der Waals surface area contributed by atoms with Crippen LogP contribution in [0.3, 0.4) is 0 Å². The van der Waals surface area contributed by atoms with Crippen molar-refractivity contribution in [1.29, 1.82) is 0 Å². The molecule has 0 atom stereocenters. The first-order chi connectivity index (χ1) is 8.86. The summed E-state index contributed by atoms with van der Waals surface area (Å²) in [5.74, 6) is 0.0504. The number of hydrogen-bond acceptors (Lipinski definition) is 5. The fraction of sp³-hybridized carbons (Fsp3) is 0.400. The molecule has 0 bridgehead atoms. The maximum Gasteiger partial charge on any atom is 0.244 e. The highest BCUT2D eigenvalue weighted by molar-refractivity contribution is 9.10. The molecule has 3 N–H and O–H groups in total. The normalized spacial score (nSPS) is 11.1. The van der Waals surface area contributed by atoms with Gasteiger partial charge < -0.3 is 10.6 Å². The number of carbonyl (C=O) groups is 1. The monoisotopic (exact) mass is 350 g/mol. The topological polar surface area (TPSA) is 100 Å². The number of hydrogen-bond donors (Lipinski definition) is 3. The lowest BCUT2D eigenvalue weighted by Gasteiger charge is -2.11. The van der Waals surface area contributed by atoms with Crippen LogP contribution in [0.5, 0.6) is 0 Å². The summed E-state index contributed by atoms with van der Waals surface area (Å²) >= 11 is 3.18.